The van der Waals surface area contributed by atoms with Crippen molar-refractivity contribution < 1.29 is 18.7 Å². The molecule has 0 saturated carbocycles. The van der Waals surface area contributed by atoms with Crippen LogP contribution in [-0.4, -0.2) is 19.7 Å². The first kappa shape index (κ1) is 12.9. The molecule has 1 aliphatic carbocycles. The van der Waals surface area contributed by atoms with E-state index in [-0.39, 0.29) is 23.5 Å². The fraction of sp³-hybridized carbons (Fsp3) is 0.500. The van der Waals surface area contributed by atoms with Crippen LogP contribution in [0.25, 0.3) is 0 Å². The summed E-state index contributed by atoms with van der Waals surface area (Å²) in [6.07, 6.45) is 2.05. The Morgan fingerprint density at radius 1 is 1.50 bits per heavy atom. The van der Waals surface area contributed by atoms with Crippen LogP contribution in [0, 0.1) is 5.82 Å². The van der Waals surface area contributed by atoms with Crippen molar-refractivity contribution in [3.8, 4) is 5.75 Å². The molecule has 0 amide bonds. The van der Waals surface area contributed by atoms with Gasteiger partial charge in [0.2, 0.25) is 0 Å². The van der Waals surface area contributed by atoms with Gasteiger partial charge in [-0.25, -0.2) is 4.39 Å². The number of hydrogen-bond acceptors (Lipinski definition) is 3. The van der Waals surface area contributed by atoms with E-state index in [1.807, 2.05) is 0 Å². The van der Waals surface area contributed by atoms with Crippen LogP contribution < -0.4 is 4.74 Å². The zero-order chi connectivity index (χ0) is 13.1. The summed E-state index contributed by atoms with van der Waals surface area (Å²) in [5, 5.41) is 0. The van der Waals surface area contributed by atoms with Crippen LogP contribution in [-0.2, 0) is 16.0 Å². The molecule has 1 aromatic rings. The maximum atomic E-state index is 13.7. The fourth-order valence-electron chi connectivity index (χ4n) is 2.48. The topological polar surface area (TPSA) is 35.5 Å². The molecule has 0 radical (unpaired) electrons. The predicted molar refractivity (Wildman–Crippen MR) is 65.3 cm³/mol. The molecule has 0 N–H and O–H groups in total. The van der Waals surface area contributed by atoms with Gasteiger partial charge in [0, 0.05) is 0 Å². The van der Waals surface area contributed by atoms with E-state index in [1.165, 1.54) is 13.2 Å². The second-order valence-corrected chi connectivity index (χ2v) is 4.43. The largest absolute Gasteiger partial charge is 0.494 e. The molecule has 0 fully saturated rings. The van der Waals surface area contributed by atoms with Gasteiger partial charge in [0.25, 0.3) is 0 Å². The highest BCUT2D eigenvalue weighted by Gasteiger charge is 2.27. The molecule has 1 atom stereocenters. The highest BCUT2D eigenvalue weighted by Crippen LogP contribution is 2.38. The van der Waals surface area contributed by atoms with Gasteiger partial charge in [-0.1, -0.05) is 0 Å². The lowest BCUT2D eigenvalue weighted by Crippen LogP contribution is -2.08. The lowest BCUT2D eigenvalue weighted by Gasteiger charge is -2.12. The third kappa shape index (κ3) is 2.47. The average molecular weight is 252 g/mol. The first-order valence-corrected chi connectivity index (χ1v) is 6.17. The molecular formula is C14H17FO3. The van der Waals surface area contributed by atoms with E-state index in [0.29, 0.717) is 13.0 Å². The van der Waals surface area contributed by atoms with Crippen LogP contribution in [0.3, 0.4) is 0 Å². The van der Waals surface area contributed by atoms with Gasteiger partial charge >= 0.3 is 5.97 Å². The lowest BCUT2D eigenvalue weighted by atomic mass is 9.97. The molecule has 0 spiro atoms. The SMILES string of the molecule is CCOC(=O)CC1CCc2cc(OC)c(F)cc21. The van der Waals surface area contributed by atoms with Crippen molar-refractivity contribution in [2.24, 2.45) is 0 Å². The number of hydrogen-bond donors (Lipinski definition) is 0. The Morgan fingerprint density at radius 3 is 2.94 bits per heavy atom. The van der Waals surface area contributed by atoms with Crippen molar-refractivity contribution in [1.82, 2.24) is 0 Å². The smallest absolute Gasteiger partial charge is 0.306 e. The molecule has 98 valence electrons. The third-order valence-electron chi connectivity index (χ3n) is 3.33. The maximum Gasteiger partial charge on any atom is 0.306 e. The lowest BCUT2D eigenvalue weighted by molar-refractivity contribution is -0.143. The summed E-state index contributed by atoms with van der Waals surface area (Å²) in [6.45, 7) is 2.17. The third-order valence-corrected chi connectivity index (χ3v) is 3.33. The minimum absolute atomic E-state index is 0.0689. The van der Waals surface area contributed by atoms with Crippen LogP contribution >= 0.6 is 0 Å². The van der Waals surface area contributed by atoms with Crippen molar-refractivity contribution in [3.05, 3.63) is 29.1 Å². The molecule has 1 aliphatic rings. The highest BCUT2D eigenvalue weighted by atomic mass is 19.1. The fourth-order valence-corrected chi connectivity index (χ4v) is 2.48. The molecule has 4 heteroatoms. The van der Waals surface area contributed by atoms with Gasteiger partial charge in [-0.3, -0.25) is 4.79 Å². The molecule has 0 saturated heterocycles. The van der Waals surface area contributed by atoms with Crippen LogP contribution in [0.1, 0.15) is 36.8 Å². The van der Waals surface area contributed by atoms with Gasteiger partial charge in [-0.2, -0.15) is 0 Å². The van der Waals surface area contributed by atoms with Gasteiger partial charge in [-0.05, 0) is 48.9 Å². The first-order valence-electron chi connectivity index (χ1n) is 6.17. The second-order valence-electron chi connectivity index (χ2n) is 4.43. The van der Waals surface area contributed by atoms with Crippen molar-refractivity contribution in [2.45, 2.75) is 32.1 Å². The molecular weight excluding hydrogens is 235 g/mol. The maximum absolute atomic E-state index is 13.7. The van der Waals surface area contributed by atoms with Crippen LogP contribution in [0.4, 0.5) is 4.39 Å². The molecule has 0 bridgehead atoms. The molecule has 0 aromatic heterocycles. The van der Waals surface area contributed by atoms with Crippen molar-refractivity contribution >= 4 is 5.97 Å². The summed E-state index contributed by atoms with van der Waals surface area (Å²) in [6, 6.07) is 3.22. The number of aryl methyl sites for hydroxylation is 1. The monoisotopic (exact) mass is 252 g/mol. The number of rotatable bonds is 4. The Hall–Kier alpha value is -1.58. The second kappa shape index (κ2) is 5.38. The molecule has 1 unspecified atom stereocenters. The summed E-state index contributed by atoms with van der Waals surface area (Å²) in [4.78, 5) is 11.5. The van der Waals surface area contributed by atoms with E-state index in [4.69, 9.17) is 9.47 Å². The Balaban J connectivity index is 2.18. The van der Waals surface area contributed by atoms with E-state index < -0.39 is 0 Å². The Labute approximate surface area is 106 Å². The molecule has 18 heavy (non-hydrogen) atoms. The van der Waals surface area contributed by atoms with E-state index in [2.05, 4.69) is 0 Å². The molecule has 3 nitrogen and oxygen atoms in total. The van der Waals surface area contributed by atoms with Gasteiger partial charge in [0.15, 0.2) is 11.6 Å². The van der Waals surface area contributed by atoms with E-state index in [9.17, 15) is 9.18 Å². The summed E-state index contributed by atoms with van der Waals surface area (Å²) in [5.74, 6) is -0.247. The average Bonchev–Trinajstić information content (AvgIpc) is 2.71. The molecule has 0 heterocycles. The Bertz CT molecular complexity index is 457. The summed E-state index contributed by atoms with van der Waals surface area (Å²) in [7, 11) is 1.45. The number of methoxy groups -OCH3 is 1. The number of esters is 1. The molecule has 0 aliphatic heterocycles. The number of carbonyl (C=O) groups is 1. The number of ether oxygens (including phenoxy) is 2. The quantitative estimate of drug-likeness (QED) is 0.773. The summed E-state index contributed by atoms with van der Waals surface area (Å²) in [5.41, 5.74) is 1.99. The van der Waals surface area contributed by atoms with E-state index in [1.54, 1.807) is 13.0 Å². The molecule has 2 rings (SSSR count). The van der Waals surface area contributed by atoms with Crippen LogP contribution in [0.5, 0.6) is 5.75 Å². The van der Waals surface area contributed by atoms with Gasteiger partial charge < -0.3 is 9.47 Å². The number of halogens is 1. The van der Waals surface area contributed by atoms with Crippen molar-refractivity contribution in [3.63, 3.8) is 0 Å². The number of benzene rings is 1. The minimum atomic E-state index is -0.369. The van der Waals surface area contributed by atoms with Gasteiger partial charge in [-0.15, -0.1) is 0 Å². The zero-order valence-corrected chi connectivity index (χ0v) is 10.7. The first-order chi connectivity index (χ1) is 8.65. The Kier molecular flexibility index (Phi) is 3.84. The van der Waals surface area contributed by atoms with Gasteiger partial charge in [0.05, 0.1) is 20.1 Å². The normalized spacial score (nSPS) is 17.4. The number of fused-ring (bicyclic) bond motifs is 1. The molecule has 1 aromatic carbocycles. The zero-order valence-electron chi connectivity index (χ0n) is 10.7. The van der Waals surface area contributed by atoms with Gasteiger partial charge in [0.1, 0.15) is 0 Å². The summed E-state index contributed by atoms with van der Waals surface area (Å²) < 4.78 is 23.6. The number of carbonyl (C=O) groups excluding carboxylic acids is 1. The predicted octanol–water partition coefficient (Wildman–Crippen LogP) is 2.82. The van der Waals surface area contributed by atoms with E-state index >= 15 is 0 Å². The Morgan fingerprint density at radius 2 is 2.28 bits per heavy atom. The summed E-state index contributed by atoms with van der Waals surface area (Å²) >= 11 is 0. The highest BCUT2D eigenvalue weighted by molar-refractivity contribution is 5.71. The van der Waals surface area contributed by atoms with Crippen molar-refractivity contribution in [2.75, 3.05) is 13.7 Å². The van der Waals surface area contributed by atoms with E-state index in [0.717, 1.165) is 24.0 Å². The van der Waals surface area contributed by atoms with Crippen LogP contribution in [0.2, 0.25) is 0 Å². The van der Waals surface area contributed by atoms with Crippen LogP contribution in [0.15, 0.2) is 12.1 Å². The standard InChI is InChI=1S/C14H17FO3/c1-3-18-14(16)7-10-5-4-9-6-13(17-2)12(15)8-11(9)10/h6,8,10H,3-5,7H2,1-2H3. The van der Waals surface area contributed by atoms with Crippen molar-refractivity contribution in [1.29, 1.82) is 0 Å². The minimum Gasteiger partial charge on any atom is -0.494 e.